The van der Waals surface area contributed by atoms with E-state index in [4.69, 9.17) is 0 Å². The Balaban J connectivity index is 1.98. The van der Waals surface area contributed by atoms with Gasteiger partial charge in [-0.2, -0.15) is 0 Å². The van der Waals surface area contributed by atoms with E-state index in [9.17, 15) is 9.59 Å². The summed E-state index contributed by atoms with van der Waals surface area (Å²) >= 11 is 1.65. The Morgan fingerprint density at radius 1 is 1.19 bits per heavy atom. The van der Waals surface area contributed by atoms with Gasteiger partial charge < -0.3 is 5.32 Å². The van der Waals surface area contributed by atoms with Gasteiger partial charge in [0.2, 0.25) is 0 Å². The number of anilines is 1. The number of hydrogen-bond acceptors (Lipinski definition) is 4. The van der Waals surface area contributed by atoms with E-state index in [1.165, 1.54) is 4.88 Å². The van der Waals surface area contributed by atoms with Gasteiger partial charge in [0.15, 0.2) is 5.78 Å². The second kappa shape index (κ2) is 4.46. The van der Waals surface area contributed by atoms with Crippen LogP contribution in [0.2, 0.25) is 0 Å². The predicted molar refractivity (Wildman–Crippen MR) is 81.8 cm³/mol. The number of nitrogens with one attached hydrogen (secondary N) is 3. The first-order chi connectivity index (χ1) is 10.1. The van der Waals surface area contributed by atoms with Crippen molar-refractivity contribution in [2.45, 2.75) is 32.1 Å². The summed E-state index contributed by atoms with van der Waals surface area (Å²) in [5.41, 5.74) is 2.22. The number of carbonyl (C=O) groups is 1. The Labute approximate surface area is 125 Å². The highest BCUT2D eigenvalue weighted by Crippen LogP contribution is 2.44. The fourth-order valence-electron chi connectivity index (χ4n) is 3.26. The van der Waals surface area contributed by atoms with Gasteiger partial charge >= 0.3 is 0 Å². The van der Waals surface area contributed by atoms with Crippen molar-refractivity contribution in [3.8, 4) is 0 Å². The first-order valence-electron chi connectivity index (χ1n) is 7.05. The molecule has 0 spiro atoms. The fourth-order valence-corrected chi connectivity index (χ4v) is 4.26. The normalized spacial score (nSPS) is 21.0. The summed E-state index contributed by atoms with van der Waals surface area (Å²) < 4.78 is 0. The molecule has 3 heterocycles. The molecule has 0 fully saturated rings. The van der Waals surface area contributed by atoms with Crippen molar-refractivity contribution in [3.05, 3.63) is 49.1 Å². The zero-order chi connectivity index (χ0) is 14.6. The van der Waals surface area contributed by atoms with Crippen LogP contribution >= 0.6 is 11.3 Å². The predicted octanol–water partition coefficient (Wildman–Crippen LogP) is 2.64. The lowest BCUT2D eigenvalue weighted by Crippen LogP contribution is -2.28. The van der Waals surface area contributed by atoms with Crippen molar-refractivity contribution in [3.63, 3.8) is 0 Å². The van der Waals surface area contributed by atoms with E-state index in [1.54, 1.807) is 11.3 Å². The molecule has 3 N–H and O–H groups in total. The van der Waals surface area contributed by atoms with Gasteiger partial charge in [-0.1, -0.05) is 0 Å². The highest BCUT2D eigenvalue weighted by atomic mass is 32.1. The first-order valence-corrected chi connectivity index (χ1v) is 7.87. The molecule has 108 valence electrons. The van der Waals surface area contributed by atoms with E-state index in [1.807, 2.05) is 19.1 Å². The van der Waals surface area contributed by atoms with Gasteiger partial charge in [0, 0.05) is 27.4 Å². The van der Waals surface area contributed by atoms with E-state index in [2.05, 4.69) is 15.5 Å². The van der Waals surface area contributed by atoms with E-state index in [-0.39, 0.29) is 17.3 Å². The molecule has 0 saturated heterocycles. The van der Waals surface area contributed by atoms with Crippen molar-refractivity contribution >= 4 is 22.9 Å². The minimum Gasteiger partial charge on any atom is -0.343 e. The lowest BCUT2D eigenvalue weighted by molar-refractivity contribution is -0.116. The van der Waals surface area contributed by atoms with Gasteiger partial charge in [-0.25, -0.2) is 0 Å². The topological polar surface area (TPSA) is 77.8 Å². The summed E-state index contributed by atoms with van der Waals surface area (Å²) in [6.45, 7) is 2.04. The van der Waals surface area contributed by atoms with Crippen molar-refractivity contribution in [1.82, 2.24) is 10.2 Å². The molecule has 0 unspecified atom stereocenters. The highest BCUT2D eigenvalue weighted by molar-refractivity contribution is 7.12. The van der Waals surface area contributed by atoms with Crippen LogP contribution in [0, 0.1) is 6.92 Å². The number of aromatic nitrogens is 2. The van der Waals surface area contributed by atoms with E-state index >= 15 is 0 Å². The number of hydrogen-bond donors (Lipinski definition) is 3. The molecule has 6 heteroatoms. The zero-order valence-electron chi connectivity index (χ0n) is 11.6. The van der Waals surface area contributed by atoms with Crippen molar-refractivity contribution in [1.29, 1.82) is 0 Å². The molecule has 2 aromatic rings. The van der Waals surface area contributed by atoms with Crippen molar-refractivity contribution < 1.29 is 4.79 Å². The van der Waals surface area contributed by atoms with Gasteiger partial charge in [-0.3, -0.25) is 19.8 Å². The molecular weight excluding hydrogens is 286 g/mol. The molecule has 0 aromatic carbocycles. The molecule has 2 aromatic heterocycles. The van der Waals surface area contributed by atoms with Crippen LogP contribution in [-0.2, 0) is 4.79 Å². The maximum absolute atomic E-state index is 12.4. The number of rotatable bonds is 1. The second-order valence-corrected chi connectivity index (χ2v) is 6.86. The second-order valence-electron chi connectivity index (χ2n) is 5.54. The molecule has 5 nitrogen and oxygen atoms in total. The molecule has 1 aliphatic heterocycles. The van der Waals surface area contributed by atoms with Gasteiger partial charge in [0.25, 0.3) is 5.56 Å². The Bertz CT molecular complexity index is 824. The average Bonchev–Trinajstić information content (AvgIpc) is 3.04. The number of carbonyl (C=O) groups excluding carboxylic acids is 1. The van der Waals surface area contributed by atoms with Crippen LogP contribution in [0.3, 0.4) is 0 Å². The number of ketones is 1. The molecule has 0 amide bonds. The zero-order valence-corrected chi connectivity index (χ0v) is 12.4. The molecule has 21 heavy (non-hydrogen) atoms. The summed E-state index contributed by atoms with van der Waals surface area (Å²) in [7, 11) is 0. The molecular formula is C15H15N3O2S. The minimum absolute atomic E-state index is 0.154. The largest absolute Gasteiger partial charge is 0.343 e. The lowest BCUT2D eigenvalue weighted by Gasteiger charge is -2.30. The van der Waals surface area contributed by atoms with Crippen LogP contribution in [-0.4, -0.2) is 16.0 Å². The van der Waals surface area contributed by atoms with Gasteiger partial charge in [0.1, 0.15) is 5.82 Å². The van der Waals surface area contributed by atoms with Crippen LogP contribution in [0.1, 0.15) is 40.5 Å². The Morgan fingerprint density at radius 3 is 2.81 bits per heavy atom. The van der Waals surface area contributed by atoms with Crippen LogP contribution in [0.5, 0.6) is 0 Å². The summed E-state index contributed by atoms with van der Waals surface area (Å²) in [6.07, 6.45) is 2.29. The van der Waals surface area contributed by atoms with Crippen LogP contribution in [0.15, 0.2) is 28.2 Å². The summed E-state index contributed by atoms with van der Waals surface area (Å²) in [5, 5.41) is 8.76. The molecule has 1 atom stereocenters. The molecule has 2 aliphatic rings. The standard InChI is InChI=1S/C15H15N3O2S/c1-7-5-6-10(21-7)12-11-8(3-2-4-9(11)19)16-14-13(12)15(20)18-17-14/h5-6,12H,2-4H2,1H3,(H3,16,17,18,20)/t12-/m1/s1. The van der Waals surface area contributed by atoms with Crippen LogP contribution in [0.4, 0.5) is 5.82 Å². The van der Waals surface area contributed by atoms with E-state index in [0.29, 0.717) is 17.8 Å². The Kier molecular flexibility index (Phi) is 2.68. The third-order valence-electron chi connectivity index (χ3n) is 4.17. The van der Waals surface area contributed by atoms with Gasteiger partial charge in [-0.15, -0.1) is 11.3 Å². The van der Waals surface area contributed by atoms with Crippen molar-refractivity contribution in [2.24, 2.45) is 0 Å². The maximum Gasteiger partial charge on any atom is 0.270 e. The van der Waals surface area contributed by atoms with Gasteiger partial charge in [-0.05, 0) is 31.9 Å². The summed E-state index contributed by atoms with van der Waals surface area (Å²) in [5.74, 6) is 0.619. The number of aromatic amines is 2. The lowest BCUT2D eigenvalue weighted by atomic mass is 9.79. The average molecular weight is 301 g/mol. The van der Waals surface area contributed by atoms with E-state index in [0.717, 1.165) is 29.0 Å². The number of aryl methyl sites for hydroxylation is 1. The highest BCUT2D eigenvalue weighted by Gasteiger charge is 2.38. The Hall–Kier alpha value is -2.08. The monoisotopic (exact) mass is 301 g/mol. The molecule has 4 rings (SSSR count). The summed E-state index contributed by atoms with van der Waals surface area (Å²) in [6, 6.07) is 4.06. The molecule has 0 bridgehead atoms. The number of Topliss-reactive ketones (excluding diaryl/α,β-unsaturated/α-hetero) is 1. The number of thiophene rings is 1. The molecule has 1 aliphatic carbocycles. The third kappa shape index (κ3) is 1.82. The third-order valence-corrected chi connectivity index (χ3v) is 5.24. The molecule has 0 radical (unpaired) electrons. The molecule has 0 saturated carbocycles. The maximum atomic E-state index is 12.4. The summed E-state index contributed by atoms with van der Waals surface area (Å²) in [4.78, 5) is 26.9. The SMILES string of the molecule is Cc1ccc([C@@H]2C3=C(CCCC3=O)Nc3[nH][nH]c(=O)c32)s1. The smallest absolute Gasteiger partial charge is 0.270 e. The fraction of sp³-hybridized carbons (Fsp3) is 0.333. The first kappa shape index (κ1) is 12.6. The quantitative estimate of drug-likeness (QED) is 0.757. The minimum atomic E-state index is -0.238. The van der Waals surface area contributed by atoms with E-state index < -0.39 is 0 Å². The van der Waals surface area contributed by atoms with Crippen LogP contribution in [0.25, 0.3) is 0 Å². The number of H-pyrrole nitrogens is 2. The number of allylic oxidation sites excluding steroid dienone is 2. The van der Waals surface area contributed by atoms with Gasteiger partial charge in [0.05, 0.1) is 11.5 Å². The van der Waals surface area contributed by atoms with Crippen molar-refractivity contribution in [2.75, 3.05) is 5.32 Å². The Morgan fingerprint density at radius 2 is 2.05 bits per heavy atom. The number of fused-ring (bicyclic) bond motifs is 1. The van der Waals surface area contributed by atoms with Crippen LogP contribution < -0.4 is 10.9 Å².